The van der Waals surface area contributed by atoms with Gasteiger partial charge in [0, 0.05) is 28.2 Å². The van der Waals surface area contributed by atoms with E-state index in [-0.39, 0.29) is 5.92 Å². The summed E-state index contributed by atoms with van der Waals surface area (Å²) in [5.74, 6) is 3.66. The molecule has 2 heterocycles. The average molecular weight is 212 g/mol. The van der Waals surface area contributed by atoms with Crippen molar-refractivity contribution in [2.45, 2.75) is 31.1 Å². The zero-order valence-corrected chi connectivity index (χ0v) is 8.63. The molecule has 0 bridgehead atoms. The Bertz CT molecular complexity index is 365. The van der Waals surface area contributed by atoms with Gasteiger partial charge in [-0.25, -0.2) is 0 Å². The van der Waals surface area contributed by atoms with Crippen molar-refractivity contribution in [3.05, 3.63) is 11.8 Å². The largest absolute Gasteiger partial charge is 0.425 e. The van der Waals surface area contributed by atoms with Gasteiger partial charge in [-0.1, -0.05) is 6.42 Å². The molecule has 1 saturated carbocycles. The summed E-state index contributed by atoms with van der Waals surface area (Å²) in [6.45, 7) is 0. The Hall–Kier alpha value is -0.710. The molecule has 0 N–H and O–H groups in total. The van der Waals surface area contributed by atoms with Crippen molar-refractivity contribution in [3.8, 4) is 0 Å². The molecule has 1 saturated heterocycles. The van der Waals surface area contributed by atoms with Crippen molar-refractivity contribution in [1.29, 1.82) is 0 Å². The molecular weight excluding hydrogens is 200 g/mol. The first-order valence-corrected chi connectivity index (χ1v) is 6.50. The van der Waals surface area contributed by atoms with Crippen LogP contribution in [-0.2, 0) is 10.8 Å². The number of nitrogens with zero attached hydrogens (tertiary/aromatic N) is 2. The van der Waals surface area contributed by atoms with Gasteiger partial charge in [0.15, 0.2) is 0 Å². The summed E-state index contributed by atoms with van der Waals surface area (Å²) >= 11 is 0. The van der Waals surface area contributed by atoms with E-state index in [1.54, 1.807) is 0 Å². The van der Waals surface area contributed by atoms with Crippen LogP contribution in [0.5, 0.6) is 0 Å². The van der Waals surface area contributed by atoms with Gasteiger partial charge in [0.2, 0.25) is 11.8 Å². The number of hydrogen-bond acceptors (Lipinski definition) is 4. The molecule has 1 aliphatic carbocycles. The number of hydrogen-bond donors (Lipinski definition) is 0. The molecule has 1 aliphatic heterocycles. The van der Waals surface area contributed by atoms with Crippen LogP contribution >= 0.6 is 0 Å². The van der Waals surface area contributed by atoms with E-state index in [4.69, 9.17) is 4.42 Å². The molecule has 0 amide bonds. The van der Waals surface area contributed by atoms with Crippen molar-refractivity contribution < 1.29 is 8.63 Å². The van der Waals surface area contributed by atoms with E-state index < -0.39 is 10.8 Å². The van der Waals surface area contributed by atoms with Gasteiger partial charge in [0.1, 0.15) is 0 Å². The van der Waals surface area contributed by atoms with Crippen LogP contribution in [0, 0.1) is 0 Å². The molecule has 5 heteroatoms. The fourth-order valence-corrected chi connectivity index (χ4v) is 2.86. The van der Waals surface area contributed by atoms with Gasteiger partial charge in [0.25, 0.3) is 0 Å². The fraction of sp³-hybridized carbons (Fsp3) is 0.778. The van der Waals surface area contributed by atoms with E-state index >= 15 is 0 Å². The van der Waals surface area contributed by atoms with E-state index in [1.165, 1.54) is 19.3 Å². The second kappa shape index (κ2) is 3.15. The van der Waals surface area contributed by atoms with Crippen molar-refractivity contribution in [3.63, 3.8) is 0 Å². The van der Waals surface area contributed by atoms with E-state index in [9.17, 15) is 4.21 Å². The summed E-state index contributed by atoms with van der Waals surface area (Å²) in [7, 11) is -0.640. The third-order valence-electron chi connectivity index (χ3n) is 3.03. The zero-order chi connectivity index (χ0) is 9.54. The lowest BCUT2D eigenvalue weighted by molar-refractivity contribution is 0.320. The topological polar surface area (TPSA) is 56.0 Å². The van der Waals surface area contributed by atoms with Crippen LogP contribution in [0.25, 0.3) is 0 Å². The van der Waals surface area contributed by atoms with E-state index in [1.807, 2.05) is 0 Å². The van der Waals surface area contributed by atoms with Crippen LogP contribution in [0.3, 0.4) is 0 Å². The molecule has 0 radical (unpaired) electrons. The second-order valence-corrected chi connectivity index (χ2v) is 5.62. The lowest BCUT2D eigenvalue weighted by atomic mass is 9.85. The summed E-state index contributed by atoms with van der Waals surface area (Å²) in [5.41, 5.74) is 0. The van der Waals surface area contributed by atoms with Crippen molar-refractivity contribution >= 4 is 10.8 Å². The molecule has 0 unspecified atom stereocenters. The second-order valence-electron chi connectivity index (χ2n) is 4.08. The van der Waals surface area contributed by atoms with Crippen LogP contribution in [-0.4, -0.2) is 25.9 Å². The maximum absolute atomic E-state index is 10.9. The highest BCUT2D eigenvalue weighted by molar-refractivity contribution is 7.86. The third-order valence-corrected chi connectivity index (χ3v) is 4.58. The van der Waals surface area contributed by atoms with Crippen molar-refractivity contribution in [1.82, 2.24) is 10.2 Å². The summed E-state index contributed by atoms with van der Waals surface area (Å²) in [6.07, 6.45) is 3.63. The number of aromatic nitrogens is 2. The molecule has 2 fully saturated rings. The van der Waals surface area contributed by atoms with E-state index in [0.29, 0.717) is 23.3 Å². The fourth-order valence-electron chi connectivity index (χ4n) is 1.77. The highest BCUT2D eigenvalue weighted by Crippen LogP contribution is 2.36. The summed E-state index contributed by atoms with van der Waals surface area (Å²) in [5, 5.41) is 8.07. The average Bonchev–Trinajstić information content (AvgIpc) is 2.44. The molecule has 4 nitrogen and oxygen atoms in total. The lowest BCUT2D eigenvalue weighted by Crippen LogP contribution is -2.28. The normalized spacial score (nSPS) is 32.3. The summed E-state index contributed by atoms with van der Waals surface area (Å²) in [4.78, 5) is 0. The Morgan fingerprint density at radius 2 is 1.79 bits per heavy atom. The Balaban J connectivity index is 1.73. The minimum atomic E-state index is -0.640. The molecule has 1 aromatic rings. The highest BCUT2D eigenvalue weighted by Gasteiger charge is 2.33. The van der Waals surface area contributed by atoms with Crippen LogP contribution in [0.15, 0.2) is 4.42 Å². The molecule has 0 aromatic carbocycles. The van der Waals surface area contributed by atoms with Crippen LogP contribution in [0.1, 0.15) is 42.9 Å². The Morgan fingerprint density at radius 3 is 2.29 bits per heavy atom. The highest BCUT2D eigenvalue weighted by atomic mass is 32.2. The predicted molar refractivity (Wildman–Crippen MR) is 51.5 cm³/mol. The quantitative estimate of drug-likeness (QED) is 0.738. The predicted octanol–water partition coefficient (Wildman–Crippen LogP) is 1.18. The van der Waals surface area contributed by atoms with E-state index in [2.05, 4.69) is 10.2 Å². The van der Waals surface area contributed by atoms with Gasteiger partial charge < -0.3 is 4.42 Å². The zero-order valence-electron chi connectivity index (χ0n) is 7.81. The minimum absolute atomic E-state index is 0.261. The maximum Gasteiger partial charge on any atom is 0.221 e. The SMILES string of the molecule is O=S1CC(c2nnc(C3CCC3)o2)C1. The van der Waals surface area contributed by atoms with Gasteiger partial charge in [-0.15, -0.1) is 10.2 Å². The van der Waals surface area contributed by atoms with Crippen molar-refractivity contribution in [2.24, 2.45) is 0 Å². The Morgan fingerprint density at radius 1 is 1.14 bits per heavy atom. The Labute approximate surface area is 84.6 Å². The maximum atomic E-state index is 10.9. The monoisotopic (exact) mass is 212 g/mol. The smallest absolute Gasteiger partial charge is 0.221 e. The van der Waals surface area contributed by atoms with E-state index in [0.717, 1.165) is 5.89 Å². The summed E-state index contributed by atoms with van der Waals surface area (Å²) in [6, 6.07) is 0. The van der Waals surface area contributed by atoms with Crippen LogP contribution < -0.4 is 0 Å². The molecule has 76 valence electrons. The molecule has 3 rings (SSSR count). The first kappa shape index (κ1) is 8.59. The van der Waals surface area contributed by atoms with Crippen molar-refractivity contribution in [2.75, 3.05) is 11.5 Å². The third kappa shape index (κ3) is 1.30. The molecular formula is C9H12N2O2S. The Kier molecular flexibility index (Phi) is 1.93. The first-order chi connectivity index (χ1) is 6.83. The molecule has 1 aromatic heterocycles. The van der Waals surface area contributed by atoms with Gasteiger partial charge in [-0.2, -0.15) is 0 Å². The standard InChI is InChI=1S/C9H12N2O2S/c12-14-4-7(5-14)9-11-10-8(13-9)6-2-1-3-6/h6-7H,1-5H2. The van der Waals surface area contributed by atoms with Crippen LogP contribution in [0.2, 0.25) is 0 Å². The van der Waals surface area contributed by atoms with Gasteiger partial charge in [0.05, 0.1) is 5.92 Å². The van der Waals surface area contributed by atoms with Gasteiger partial charge in [-0.05, 0) is 12.8 Å². The molecule has 0 spiro atoms. The minimum Gasteiger partial charge on any atom is -0.425 e. The number of rotatable bonds is 2. The molecule has 0 atom stereocenters. The molecule has 2 aliphatic rings. The van der Waals surface area contributed by atoms with Crippen LogP contribution in [0.4, 0.5) is 0 Å². The van der Waals surface area contributed by atoms with Gasteiger partial charge >= 0.3 is 0 Å². The first-order valence-electron chi connectivity index (χ1n) is 5.01. The molecule has 14 heavy (non-hydrogen) atoms. The summed E-state index contributed by atoms with van der Waals surface area (Å²) < 4.78 is 16.5. The lowest BCUT2D eigenvalue weighted by Gasteiger charge is -2.22. The van der Waals surface area contributed by atoms with Gasteiger partial charge in [-0.3, -0.25) is 4.21 Å².